The summed E-state index contributed by atoms with van der Waals surface area (Å²) in [5, 5.41) is 5.65. The van der Waals surface area contributed by atoms with Gasteiger partial charge in [0, 0.05) is 5.92 Å². The van der Waals surface area contributed by atoms with Crippen LogP contribution in [-0.2, 0) is 19.1 Å². The van der Waals surface area contributed by atoms with E-state index in [2.05, 4.69) is 10.6 Å². The molecule has 0 heterocycles. The molecule has 2 atom stereocenters. The van der Waals surface area contributed by atoms with Crippen molar-refractivity contribution in [1.29, 1.82) is 0 Å². The molecule has 0 unspecified atom stereocenters. The maximum atomic E-state index is 12.5. The van der Waals surface area contributed by atoms with Crippen molar-refractivity contribution < 1.29 is 19.1 Å². The Morgan fingerprint density at radius 3 is 2.31 bits per heavy atom. The lowest BCUT2D eigenvalue weighted by atomic mass is 10.0. The fraction of sp³-hybridized carbons (Fsp3) is 0.550. The maximum Gasteiger partial charge on any atom is 0.307 e. The summed E-state index contributed by atoms with van der Waals surface area (Å²) < 4.78 is 4.74. The SMILES string of the molecule is COC(=O)C[C@@H](NC(=O)[C@@H](C)NC(=O)C1CCCC1)c1ccc(C)cc1. The van der Waals surface area contributed by atoms with Crippen molar-refractivity contribution in [2.24, 2.45) is 5.92 Å². The first-order valence-electron chi connectivity index (χ1n) is 9.15. The average Bonchev–Trinajstić information content (AvgIpc) is 3.16. The molecule has 1 fully saturated rings. The number of esters is 1. The van der Waals surface area contributed by atoms with Crippen LogP contribution >= 0.6 is 0 Å². The van der Waals surface area contributed by atoms with Crippen LogP contribution in [0.5, 0.6) is 0 Å². The second kappa shape index (κ2) is 9.36. The van der Waals surface area contributed by atoms with Gasteiger partial charge in [-0.05, 0) is 32.3 Å². The van der Waals surface area contributed by atoms with E-state index in [9.17, 15) is 14.4 Å². The quantitative estimate of drug-likeness (QED) is 0.732. The van der Waals surface area contributed by atoms with Gasteiger partial charge in [-0.25, -0.2) is 0 Å². The minimum Gasteiger partial charge on any atom is -0.469 e. The molecule has 142 valence electrons. The Bertz CT molecular complexity index is 636. The molecule has 1 saturated carbocycles. The monoisotopic (exact) mass is 360 g/mol. The summed E-state index contributed by atoms with van der Waals surface area (Å²) in [4.78, 5) is 36.5. The Hall–Kier alpha value is -2.37. The highest BCUT2D eigenvalue weighted by Gasteiger charge is 2.27. The number of carbonyl (C=O) groups excluding carboxylic acids is 3. The lowest BCUT2D eigenvalue weighted by Gasteiger charge is -2.22. The fourth-order valence-corrected chi connectivity index (χ4v) is 3.18. The van der Waals surface area contributed by atoms with Gasteiger partial charge in [0.15, 0.2) is 0 Å². The normalized spacial score (nSPS) is 16.6. The molecule has 1 aliphatic rings. The zero-order chi connectivity index (χ0) is 19.1. The molecular weight excluding hydrogens is 332 g/mol. The highest BCUT2D eigenvalue weighted by molar-refractivity contribution is 5.88. The van der Waals surface area contributed by atoms with Crippen LogP contribution in [0, 0.1) is 12.8 Å². The predicted octanol–water partition coefficient (Wildman–Crippen LogP) is 2.41. The second-order valence-corrected chi connectivity index (χ2v) is 6.96. The first-order valence-corrected chi connectivity index (χ1v) is 9.15. The van der Waals surface area contributed by atoms with Gasteiger partial charge in [0.2, 0.25) is 11.8 Å². The molecule has 0 radical (unpaired) electrons. The summed E-state index contributed by atoms with van der Waals surface area (Å²) in [6.45, 7) is 3.63. The summed E-state index contributed by atoms with van der Waals surface area (Å²) in [5.41, 5.74) is 1.91. The van der Waals surface area contributed by atoms with Gasteiger partial charge in [-0.2, -0.15) is 0 Å². The van der Waals surface area contributed by atoms with Gasteiger partial charge in [0.25, 0.3) is 0 Å². The van der Waals surface area contributed by atoms with Gasteiger partial charge in [-0.15, -0.1) is 0 Å². The standard InChI is InChI=1S/C20H28N2O4/c1-13-8-10-15(11-9-13)17(12-18(23)26-3)22-19(24)14(2)21-20(25)16-6-4-5-7-16/h8-11,14,16-17H,4-7,12H2,1-3H3,(H,21,25)(H,22,24)/t14-,17-/m1/s1. The van der Waals surface area contributed by atoms with E-state index in [4.69, 9.17) is 4.74 Å². The third-order valence-electron chi connectivity index (χ3n) is 4.87. The maximum absolute atomic E-state index is 12.5. The smallest absolute Gasteiger partial charge is 0.307 e. The summed E-state index contributed by atoms with van der Waals surface area (Å²) in [6, 6.07) is 6.46. The van der Waals surface area contributed by atoms with Crippen molar-refractivity contribution in [3.63, 3.8) is 0 Å². The number of hydrogen-bond donors (Lipinski definition) is 2. The Morgan fingerprint density at radius 1 is 1.12 bits per heavy atom. The Kier molecular flexibility index (Phi) is 7.18. The topological polar surface area (TPSA) is 84.5 Å². The summed E-state index contributed by atoms with van der Waals surface area (Å²) >= 11 is 0. The molecule has 6 heteroatoms. The van der Waals surface area contributed by atoms with Crippen molar-refractivity contribution in [1.82, 2.24) is 10.6 Å². The van der Waals surface area contributed by atoms with E-state index >= 15 is 0 Å². The minimum atomic E-state index is -0.659. The number of amides is 2. The zero-order valence-electron chi connectivity index (χ0n) is 15.7. The van der Waals surface area contributed by atoms with Crippen molar-refractivity contribution >= 4 is 17.8 Å². The van der Waals surface area contributed by atoms with Crippen LogP contribution in [0.15, 0.2) is 24.3 Å². The second-order valence-electron chi connectivity index (χ2n) is 6.96. The fourth-order valence-electron chi connectivity index (χ4n) is 3.18. The lowest BCUT2D eigenvalue weighted by molar-refractivity contribution is -0.141. The number of aryl methyl sites for hydroxylation is 1. The van der Waals surface area contributed by atoms with Gasteiger partial charge in [0.05, 0.1) is 19.6 Å². The van der Waals surface area contributed by atoms with E-state index in [1.165, 1.54) is 7.11 Å². The van der Waals surface area contributed by atoms with Crippen molar-refractivity contribution in [3.8, 4) is 0 Å². The molecule has 0 bridgehead atoms. The molecule has 2 N–H and O–H groups in total. The molecule has 1 aromatic carbocycles. The molecule has 6 nitrogen and oxygen atoms in total. The van der Waals surface area contributed by atoms with Crippen LogP contribution in [0.2, 0.25) is 0 Å². The zero-order valence-corrected chi connectivity index (χ0v) is 15.7. The van der Waals surface area contributed by atoms with E-state index < -0.39 is 18.1 Å². The minimum absolute atomic E-state index is 0.00761. The number of methoxy groups -OCH3 is 1. The van der Waals surface area contributed by atoms with E-state index in [1.807, 2.05) is 31.2 Å². The Labute approximate surface area is 154 Å². The summed E-state index contributed by atoms with van der Waals surface area (Å²) in [5.74, 6) is -0.775. The molecule has 0 spiro atoms. The van der Waals surface area contributed by atoms with E-state index in [-0.39, 0.29) is 24.2 Å². The number of benzene rings is 1. The third kappa shape index (κ3) is 5.58. The van der Waals surface area contributed by atoms with Gasteiger partial charge in [-0.3, -0.25) is 14.4 Å². The van der Waals surface area contributed by atoms with Gasteiger partial charge >= 0.3 is 5.97 Å². The molecular formula is C20H28N2O4. The van der Waals surface area contributed by atoms with Crippen molar-refractivity contribution in [3.05, 3.63) is 35.4 Å². The van der Waals surface area contributed by atoms with E-state index in [1.54, 1.807) is 6.92 Å². The van der Waals surface area contributed by atoms with Crippen LogP contribution in [0.1, 0.15) is 56.2 Å². The molecule has 2 rings (SSSR count). The van der Waals surface area contributed by atoms with E-state index in [0.29, 0.717) is 0 Å². The van der Waals surface area contributed by atoms with Crippen LogP contribution in [0.4, 0.5) is 0 Å². The average molecular weight is 360 g/mol. The Morgan fingerprint density at radius 2 is 1.73 bits per heavy atom. The highest BCUT2D eigenvalue weighted by atomic mass is 16.5. The summed E-state index contributed by atoms with van der Waals surface area (Å²) in [6.07, 6.45) is 3.93. The molecule has 0 aromatic heterocycles. The van der Waals surface area contributed by atoms with Crippen molar-refractivity contribution in [2.45, 2.75) is 58.0 Å². The number of ether oxygens (including phenoxy) is 1. The number of carbonyl (C=O) groups is 3. The number of rotatable bonds is 7. The molecule has 0 saturated heterocycles. The van der Waals surface area contributed by atoms with Gasteiger partial charge < -0.3 is 15.4 Å². The Balaban J connectivity index is 2.00. The molecule has 26 heavy (non-hydrogen) atoms. The molecule has 1 aliphatic carbocycles. The van der Waals surface area contributed by atoms with Crippen LogP contribution in [-0.4, -0.2) is 30.9 Å². The summed E-state index contributed by atoms with van der Waals surface area (Å²) in [7, 11) is 1.32. The first kappa shape index (κ1) is 19.9. The number of nitrogens with one attached hydrogen (secondary N) is 2. The van der Waals surface area contributed by atoms with Gasteiger partial charge in [0.1, 0.15) is 6.04 Å². The van der Waals surface area contributed by atoms with Crippen LogP contribution in [0.25, 0.3) is 0 Å². The third-order valence-corrected chi connectivity index (χ3v) is 4.87. The molecule has 1 aromatic rings. The molecule has 0 aliphatic heterocycles. The van der Waals surface area contributed by atoms with Gasteiger partial charge in [-0.1, -0.05) is 42.7 Å². The van der Waals surface area contributed by atoms with E-state index in [0.717, 1.165) is 36.8 Å². The van der Waals surface area contributed by atoms with Crippen LogP contribution < -0.4 is 10.6 Å². The van der Waals surface area contributed by atoms with Crippen LogP contribution in [0.3, 0.4) is 0 Å². The number of hydrogen-bond acceptors (Lipinski definition) is 4. The van der Waals surface area contributed by atoms with Crippen molar-refractivity contribution in [2.75, 3.05) is 7.11 Å². The predicted molar refractivity (Wildman–Crippen MR) is 98.3 cm³/mol. The highest BCUT2D eigenvalue weighted by Crippen LogP contribution is 2.25. The first-order chi connectivity index (χ1) is 12.4. The molecule has 2 amide bonds. The largest absolute Gasteiger partial charge is 0.469 e. The lowest BCUT2D eigenvalue weighted by Crippen LogP contribution is -2.47.